The van der Waals surface area contributed by atoms with E-state index in [1.54, 1.807) is 11.0 Å². The Hall–Kier alpha value is -2.18. The summed E-state index contributed by atoms with van der Waals surface area (Å²) in [5.41, 5.74) is 1.02. The first-order chi connectivity index (χ1) is 11.7. The first-order valence-corrected chi connectivity index (χ1v) is 8.87. The van der Waals surface area contributed by atoms with Crippen molar-refractivity contribution in [3.8, 4) is 0 Å². The van der Waals surface area contributed by atoms with Crippen molar-refractivity contribution in [2.45, 2.75) is 12.5 Å². The summed E-state index contributed by atoms with van der Waals surface area (Å²) in [7, 11) is 0. The van der Waals surface area contributed by atoms with Crippen molar-refractivity contribution < 1.29 is 14.3 Å². The third kappa shape index (κ3) is 4.21. The quantitative estimate of drug-likeness (QED) is 0.902. The molecule has 1 fully saturated rings. The van der Waals surface area contributed by atoms with Gasteiger partial charge in [-0.15, -0.1) is 11.3 Å². The zero-order valence-corrected chi connectivity index (χ0v) is 14.1. The number of carbonyl (C=O) groups excluding carboxylic acids is 2. The molecule has 0 aliphatic carbocycles. The highest BCUT2D eigenvalue weighted by atomic mass is 32.1. The van der Waals surface area contributed by atoms with E-state index in [4.69, 9.17) is 4.74 Å². The molecule has 1 aliphatic rings. The normalized spacial score (nSPS) is 15.8. The molecule has 24 heavy (non-hydrogen) atoms. The first kappa shape index (κ1) is 16.7. The van der Waals surface area contributed by atoms with E-state index in [0.717, 1.165) is 5.56 Å². The molecule has 0 unspecified atom stereocenters. The minimum absolute atomic E-state index is 0.0490. The van der Waals surface area contributed by atoms with Crippen LogP contribution in [0.25, 0.3) is 0 Å². The summed E-state index contributed by atoms with van der Waals surface area (Å²) in [6, 6.07) is 12.8. The molecule has 1 aliphatic heterocycles. The lowest BCUT2D eigenvalue weighted by Crippen LogP contribution is -2.52. The van der Waals surface area contributed by atoms with E-state index in [9.17, 15) is 9.59 Å². The molecule has 2 heterocycles. The number of hydrogen-bond acceptors (Lipinski definition) is 4. The van der Waals surface area contributed by atoms with E-state index in [-0.39, 0.29) is 11.8 Å². The van der Waals surface area contributed by atoms with Crippen LogP contribution in [0.5, 0.6) is 0 Å². The Morgan fingerprint density at radius 3 is 2.54 bits per heavy atom. The van der Waals surface area contributed by atoms with Gasteiger partial charge in [0.2, 0.25) is 5.91 Å². The number of thiophene rings is 1. The Bertz CT molecular complexity index is 667. The van der Waals surface area contributed by atoms with Crippen LogP contribution >= 0.6 is 11.3 Å². The van der Waals surface area contributed by atoms with Gasteiger partial charge in [-0.3, -0.25) is 9.59 Å². The molecule has 1 saturated heterocycles. The van der Waals surface area contributed by atoms with Crippen LogP contribution in [0.15, 0.2) is 47.8 Å². The van der Waals surface area contributed by atoms with Crippen molar-refractivity contribution in [3.63, 3.8) is 0 Å². The predicted octanol–water partition coefficient (Wildman–Crippen LogP) is 1.95. The Balaban J connectivity index is 1.74. The molecule has 0 saturated carbocycles. The monoisotopic (exact) mass is 344 g/mol. The zero-order chi connectivity index (χ0) is 16.8. The number of rotatable bonds is 5. The highest BCUT2D eigenvalue weighted by Gasteiger charge is 2.27. The molecule has 126 valence electrons. The molecule has 1 N–H and O–H groups in total. The third-order valence-electron chi connectivity index (χ3n) is 3.95. The van der Waals surface area contributed by atoms with Crippen LogP contribution in [0.1, 0.15) is 15.2 Å². The molecular weight excluding hydrogens is 324 g/mol. The van der Waals surface area contributed by atoms with E-state index in [1.165, 1.54) is 11.3 Å². The second-order valence-corrected chi connectivity index (χ2v) is 6.58. The molecular formula is C18H20N2O3S. The summed E-state index contributed by atoms with van der Waals surface area (Å²) >= 11 is 1.37. The minimum atomic E-state index is -0.569. The number of benzene rings is 1. The van der Waals surface area contributed by atoms with Gasteiger partial charge in [0.15, 0.2) is 0 Å². The van der Waals surface area contributed by atoms with Gasteiger partial charge in [0.25, 0.3) is 5.91 Å². The second-order valence-electron chi connectivity index (χ2n) is 5.63. The number of hydrogen-bond donors (Lipinski definition) is 1. The summed E-state index contributed by atoms with van der Waals surface area (Å²) in [6.45, 7) is 2.23. The molecule has 0 radical (unpaired) electrons. The van der Waals surface area contributed by atoms with Crippen LogP contribution in [-0.2, 0) is 16.0 Å². The van der Waals surface area contributed by atoms with Crippen LogP contribution in [0.4, 0.5) is 0 Å². The van der Waals surface area contributed by atoms with Crippen LogP contribution in [-0.4, -0.2) is 49.1 Å². The van der Waals surface area contributed by atoms with Gasteiger partial charge in [0.1, 0.15) is 6.04 Å². The number of nitrogens with zero attached hydrogens (tertiary/aromatic N) is 1. The first-order valence-electron chi connectivity index (χ1n) is 7.99. The number of morpholine rings is 1. The Kier molecular flexibility index (Phi) is 5.61. The maximum absolute atomic E-state index is 12.9. The maximum atomic E-state index is 12.9. The molecule has 5 nitrogen and oxygen atoms in total. The fourth-order valence-corrected chi connectivity index (χ4v) is 3.32. The number of carbonyl (C=O) groups is 2. The summed E-state index contributed by atoms with van der Waals surface area (Å²) in [4.78, 5) is 27.6. The molecule has 1 aromatic heterocycles. The third-order valence-corrected chi connectivity index (χ3v) is 4.82. The van der Waals surface area contributed by atoms with Crippen molar-refractivity contribution in [1.82, 2.24) is 10.2 Å². The van der Waals surface area contributed by atoms with Crippen molar-refractivity contribution in [3.05, 3.63) is 58.3 Å². The lowest BCUT2D eigenvalue weighted by atomic mass is 10.0. The van der Waals surface area contributed by atoms with Gasteiger partial charge < -0.3 is 15.0 Å². The Labute approximate surface area is 145 Å². The van der Waals surface area contributed by atoms with Crippen LogP contribution in [0.2, 0.25) is 0 Å². The Morgan fingerprint density at radius 2 is 1.88 bits per heavy atom. The van der Waals surface area contributed by atoms with Crippen molar-refractivity contribution >= 4 is 23.2 Å². The van der Waals surface area contributed by atoms with Crippen molar-refractivity contribution in [2.75, 3.05) is 26.3 Å². The average Bonchev–Trinajstić information content (AvgIpc) is 3.17. The van der Waals surface area contributed by atoms with Gasteiger partial charge in [0, 0.05) is 19.5 Å². The Morgan fingerprint density at radius 1 is 1.12 bits per heavy atom. The van der Waals surface area contributed by atoms with Crippen molar-refractivity contribution in [2.24, 2.45) is 0 Å². The van der Waals surface area contributed by atoms with Crippen LogP contribution in [0, 0.1) is 0 Å². The van der Waals surface area contributed by atoms with Gasteiger partial charge in [0.05, 0.1) is 18.1 Å². The SMILES string of the molecule is O=C(N[C@H](Cc1ccccc1)C(=O)N1CCOCC1)c1cccs1. The van der Waals surface area contributed by atoms with Crippen LogP contribution < -0.4 is 5.32 Å². The number of nitrogens with one attached hydrogen (secondary N) is 1. The highest BCUT2D eigenvalue weighted by molar-refractivity contribution is 7.12. The molecule has 6 heteroatoms. The van der Waals surface area contributed by atoms with Gasteiger partial charge in [-0.05, 0) is 17.0 Å². The molecule has 2 amide bonds. The van der Waals surface area contributed by atoms with E-state index in [2.05, 4.69) is 5.32 Å². The smallest absolute Gasteiger partial charge is 0.262 e. The molecule has 0 spiro atoms. The van der Waals surface area contributed by atoms with E-state index in [1.807, 2.05) is 41.8 Å². The lowest BCUT2D eigenvalue weighted by molar-refractivity contribution is -0.137. The number of amides is 2. The van der Waals surface area contributed by atoms with Gasteiger partial charge >= 0.3 is 0 Å². The second kappa shape index (κ2) is 8.08. The summed E-state index contributed by atoms with van der Waals surface area (Å²) in [5.74, 6) is -0.250. The van der Waals surface area contributed by atoms with Gasteiger partial charge in [-0.2, -0.15) is 0 Å². The lowest BCUT2D eigenvalue weighted by Gasteiger charge is -2.30. The van der Waals surface area contributed by atoms with Gasteiger partial charge in [-0.25, -0.2) is 0 Å². The van der Waals surface area contributed by atoms with Crippen LogP contribution in [0.3, 0.4) is 0 Å². The van der Waals surface area contributed by atoms with E-state index in [0.29, 0.717) is 37.6 Å². The molecule has 1 aromatic carbocycles. The van der Waals surface area contributed by atoms with Crippen molar-refractivity contribution in [1.29, 1.82) is 0 Å². The predicted molar refractivity (Wildman–Crippen MR) is 93.1 cm³/mol. The molecule has 3 rings (SSSR count). The highest BCUT2D eigenvalue weighted by Crippen LogP contribution is 2.12. The summed E-state index contributed by atoms with van der Waals surface area (Å²) < 4.78 is 5.31. The van der Waals surface area contributed by atoms with E-state index < -0.39 is 6.04 Å². The summed E-state index contributed by atoms with van der Waals surface area (Å²) in [6.07, 6.45) is 0.480. The summed E-state index contributed by atoms with van der Waals surface area (Å²) in [5, 5.41) is 4.76. The molecule has 1 atom stereocenters. The van der Waals surface area contributed by atoms with E-state index >= 15 is 0 Å². The number of ether oxygens (including phenoxy) is 1. The minimum Gasteiger partial charge on any atom is -0.378 e. The fourth-order valence-electron chi connectivity index (χ4n) is 2.69. The molecule has 0 bridgehead atoms. The molecule has 2 aromatic rings. The van der Waals surface area contributed by atoms with Gasteiger partial charge in [-0.1, -0.05) is 36.4 Å². The average molecular weight is 344 g/mol. The standard InChI is InChI=1S/C18H20N2O3S/c21-17(16-7-4-12-24-16)19-15(13-14-5-2-1-3-6-14)18(22)20-8-10-23-11-9-20/h1-7,12,15H,8-11,13H2,(H,19,21)/t15-/m1/s1. The topological polar surface area (TPSA) is 58.6 Å². The largest absolute Gasteiger partial charge is 0.378 e. The fraction of sp³-hybridized carbons (Fsp3) is 0.333. The maximum Gasteiger partial charge on any atom is 0.262 e. The zero-order valence-electron chi connectivity index (χ0n) is 13.3.